The minimum atomic E-state index is -0.515. The molecular weight excluding hydrogens is 438 g/mol. The summed E-state index contributed by atoms with van der Waals surface area (Å²) in [5, 5.41) is 12.8. The fourth-order valence-corrected chi connectivity index (χ4v) is 6.02. The fourth-order valence-electron chi connectivity index (χ4n) is 6.02. The molecule has 5 heteroatoms. The molecular formula is C30H37NO4. The summed E-state index contributed by atoms with van der Waals surface area (Å²) in [7, 11) is 0. The first-order valence-corrected chi connectivity index (χ1v) is 13.3. The van der Waals surface area contributed by atoms with Crippen LogP contribution in [-0.4, -0.2) is 36.6 Å². The Morgan fingerprint density at radius 2 is 1.89 bits per heavy atom. The van der Waals surface area contributed by atoms with E-state index >= 15 is 0 Å². The zero-order valence-corrected chi connectivity index (χ0v) is 20.7. The third-order valence-electron chi connectivity index (χ3n) is 7.78. The summed E-state index contributed by atoms with van der Waals surface area (Å²) in [5.74, 6) is 0.229. The number of rotatable bonds is 8. The quantitative estimate of drug-likeness (QED) is 0.454. The van der Waals surface area contributed by atoms with Crippen molar-refractivity contribution in [2.45, 2.75) is 76.5 Å². The molecule has 3 aliphatic rings. The minimum Gasteiger partial charge on any atom is -0.459 e. The topological polar surface area (TPSA) is 67.8 Å². The van der Waals surface area contributed by atoms with E-state index in [0.29, 0.717) is 18.8 Å². The van der Waals surface area contributed by atoms with Gasteiger partial charge in [-0.05, 0) is 72.9 Å². The molecule has 0 bridgehead atoms. The van der Waals surface area contributed by atoms with Crippen molar-refractivity contribution in [2.24, 2.45) is 5.92 Å². The van der Waals surface area contributed by atoms with Gasteiger partial charge in [0.05, 0.1) is 0 Å². The molecule has 2 aromatic carbocycles. The van der Waals surface area contributed by atoms with E-state index in [2.05, 4.69) is 47.8 Å². The molecule has 2 aliphatic carbocycles. The molecule has 0 radical (unpaired) electrons. The van der Waals surface area contributed by atoms with Crippen molar-refractivity contribution >= 4 is 5.91 Å². The van der Waals surface area contributed by atoms with Crippen molar-refractivity contribution in [3.63, 3.8) is 0 Å². The van der Waals surface area contributed by atoms with Crippen LogP contribution < -0.4 is 5.32 Å². The van der Waals surface area contributed by atoms with Gasteiger partial charge in [-0.25, -0.2) is 0 Å². The Morgan fingerprint density at radius 1 is 1.09 bits per heavy atom. The van der Waals surface area contributed by atoms with Gasteiger partial charge < -0.3 is 19.9 Å². The lowest BCUT2D eigenvalue weighted by molar-refractivity contribution is -0.166. The number of allylic oxidation sites excluding steroid dienone is 1. The second kappa shape index (κ2) is 11.0. The summed E-state index contributed by atoms with van der Waals surface area (Å²) < 4.78 is 12.2. The van der Waals surface area contributed by atoms with Gasteiger partial charge >= 0.3 is 0 Å². The third-order valence-corrected chi connectivity index (χ3v) is 7.78. The van der Waals surface area contributed by atoms with E-state index < -0.39 is 6.29 Å². The van der Waals surface area contributed by atoms with Crippen molar-refractivity contribution in [3.8, 4) is 11.1 Å². The van der Waals surface area contributed by atoms with Gasteiger partial charge in [0.1, 0.15) is 0 Å². The lowest BCUT2D eigenvalue weighted by Gasteiger charge is -2.37. The maximum Gasteiger partial charge on any atom is 0.286 e. The molecule has 1 fully saturated rings. The van der Waals surface area contributed by atoms with E-state index in [1.807, 2.05) is 13.0 Å². The van der Waals surface area contributed by atoms with Gasteiger partial charge in [-0.3, -0.25) is 4.79 Å². The summed E-state index contributed by atoms with van der Waals surface area (Å²) in [5.41, 5.74) is 6.47. The Balaban J connectivity index is 1.46. The predicted molar refractivity (Wildman–Crippen MR) is 137 cm³/mol. The van der Waals surface area contributed by atoms with E-state index in [1.165, 1.54) is 34.2 Å². The fraction of sp³-hybridized carbons (Fsp3) is 0.500. The van der Waals surface area contributed by atoms with E-state index in [-0.39, 0.29) is 30.4 Å². The van der Waals surface area contributed by atoms with Crippen molar-refractivity contribution in [3.05, 3.63) is 71.0 Å². The summed E-state index contributed by atoms with van der Waals surface area (Å²) >= 11 is 0. The van der Waals surface area contributed by atoms with Crippen molar-refractivity contribution < 1.29 is 19.4 Å². The van der Waals surface area contributed by atoms with Crippen molar-refractivity contribution in [1.82, 2.24) is 5.32 Å². The molecule has 1 heterocycles. The number of carbonyl (C=O) groups excluding carboxylic acids is 1. The first kappa shape index (κ1) is 24.1. The highest BCUT2D eigenvalue weighted by Crippen LogP contribution is 2.43. The van der Waals surface area contributed by atoms with E-state index in [9.17, 15) is 9.90 Å². The van der Waals surface area contributed by atoms with Gasteiger partial charge in [0.2, 0.25) is 6.29 Å². The second-order valence-electron chi connectivity index (χ2n) is 10.1. The average Bonchev–Trinajstić information content (AvgIpc) is 3.26. The summed E-state index contributed by atoms with van der Waals surface area (Å²) in [6.45, 7) is 2.58. The summed E-state index contributed by atoms with van der Waals surface area (Å²) in [4.78, 5) is 13.2. The molecule has 0 spiro atoms. The van der Waals surface area contributed by atoms with Crippen LogP contribution in [0.1, 0.15) is 74.5 Å². The maximum atomic E-state index is 13.2. The molecule has 1 saturated carbocycles. The molecule has 1 aliphatic heterocycles. The molecule has 0 unspecified atom stereocenters. The number of nitrogens with one attached hydrogen (secondary N) is 1. The Labute approximate surface area is 208 Å². The number of hydrogen-bond acceptors (Lipinski definition) is 4. The van der Waals surface area contributed by atoms with Gasteiger partial charge in [-0.2, -0.15) is 0 Å². The molecule has 0 aromatic heterocycles. The predicted octanol–water partition coefficient (Wildman–Crippen LogP) is 5.46. The van der Waals surface area contributed by atoms with Crippen LogP contribution in [-0.2, 0) is 20.7 Å². The van der Waals surface area contributed by atoms with Gasteiger partial charge in [-0.1, -0.05) is 61.7 Å². The van der Waals surface area contributed by atoms with E-state index in [0.717, 1.165) is 38.5 Å². The Hall–Kier alpha value is -2.63. The molecule has 5 rings (SSSR count). The van der Waals surface area contributed by atoms with Crippen LogP contribution in [0.3, 0.4) is 0 Å². The highest BCUT2D eigenvalue weighted by atomic mass is 16.7. The summed E-state index contributed by atoms with van der Waals surface area (Å²) in [6.07, 6.45) is 9.47. The highest BCUT2D eigenvalue weighted by Gasteiger charge is 2.38. The molecule has 2 aromatic rings. The standard InChI is InChI=1S/C30H37NO4/c1-2-34-30-26(13-8-16-32)27(19-28(35-30)29(33)31-23-10-4-3-5-11-23)21-14-15-25-22(18-21)17-20-9-6-7-12-24(20)25/h6-7,9,12,14-15,18-19,23,26-27,30,32H,2-5,8,10-11,13,16-17H2,1H3,(H,31,33)/t26-,27+,30+/m0/s1. The Bertz CT molecular complexity index is 1070. The zero-order chi connectivity index (χ0) is 24.2. The first-order chi connectivity index (χ1) is 17.2. The van der Waals surface area contributed by atoms with Crippen molar-refractivity contribution in [2.75, 3.05) is 13.2 Å². The number of aliphatic hydroxyl groups excluding tert-OH is 1. The van der Waals surface area contributed by atoms with Crippen LogP contribution in [0.15, 0.2) is 54.3 Å². The van der Waals surface area contributed by atoms with Crippen LogP contribution in [0.2, 0.25) is 0 Å². The monoisotopic (exact) mass is 475 g/mol. The first-order valence-electron chi connectivity index (χ1n) is 13.3. The number of amides is 1. The van der Waals surface area contributed by atoms with E-state index in [4.69, 9.17) is 9.47 Å². The van der Waals surface area contributed by atoms with Crippen LogP contribution in [0, 0.1) is 5.92 Å². The molecule has 1 amide bonds. The molecule has 5 nitrogen and oxygen atoms in total. The van der Waals surface area contributed by atoms with Crippen LogP contribution >= 0.6 is 0 Å². The summed E-state index contributed by atoms with van der Waals surface area (Å²) in [6, 6.07) is 15.5. The molecule has 0 saturated heterocycles. The van der Waals surface area contributed by atoms with Gasteiger partial charge in [0, 0.05) is 31.1 Å². The highest BCUT2D eigenvalue weighted by molar-refractivity contribution is 5.92. The number of benzene rings is 2. The van der Waals surface area contributed by atoms with Gasteiger partial charge in [0.25, 0.3) is 5.91 Å². The van der Waals surface area contributed by atoms with Gasteiger partial charge in [0.15, 0.2) is 5.76 Å². The number of carbonyl (C=O) groups is 1. The van der Waals surface area contributed by atoms with Crippen LogP contribution in [0.4, 0.5) is 0 Å². The number of ether oxygens (including phenoxy) is 2. The molecule has 35 heavy (non-hydrogen) atoms. The lowest BCUT2D eigenvalue weighted by atomic mass is 9.79. The van der Waals surface area contributed by atoms with Gasteiger partial charge in [-0.15, -0.1) is 0 Å². The molecule has 3 atom stereocenters. The number of fused-ring (bicyclic) bond motifs is 3. The average molecular weight is 476 g/mol. The number of hydrogen-bond donors (Lipinski definition) is 2. The van der Waals surface area contributed by atoms with Crippen molar-refractivity contribution in [1.29, 1.82) is 0 Å². The lowest BCUT2D eigenvalue weighted by Crippen LogP contribution is -2.42. The van der Waals surface area contributed by atoms with Crippen LogP contribution in [0.25, 0.3) is 11.1 Å². The zero-order valence-electron chi connectivity index (χ0n) is 20.7. The Kier molecular flexibility index (Phi) is 7.54. The largest absolute Gasteiger partial charge is 0.459 e. The third kappa shape index (κ3) is 5.17. The second-order valence-corrected chi connectivity index (χ2v) is 10.1. The smallest absolute Gasteiger partial charge is 0.286 e. The van der Waals surface area contributed by atoms with E-state index in [1.54, 1.807) is 0 Å². The minimum absolute atomic E-state index is 0.0204. The molecule has 2 N–H and O–H groups in total. The SMILES string of the molecule is CCO[C@@H]1OC(C(=O)NC2CCCCC2)=C[C@H](c2ccc3c(c2)Cc2ccccc2-3)[C@@H]1CCCO. The maximum absolute atomic E-state index is 13.2. The van der Waals surface area contributed by atoms with Crippen LogP contribution in [0.5, 0.6) is 0 Å². The number of aliphatic hydroxyl groups is 1. The molecule has 186 valence electrons. The Morgan fingerprint density at radius 3 is 2.69 bits per heavy atom. The normalized spacial score (nSPS) is 23.7.